The Morgan fingerprint density at radius 2 is 2.35 bits per heavy atom. The number of nitrogens with two attached hydrogens (primary N) is 1. The lowest BCUT2D eigenvalue weighted by Crippen LogP contribution is -2.13. The highest BCUT2D eigenvalue weighted by molar-refractivity contribution is 7.99. The number of oxime groups is 1. The first-order valence-corrected chi connectivity index (χ1v) is 6.12. The van der Waals surface area contributed by atoms with Crippen molar-refractivity contribution in [2.45, 2.75) is 10.1 Å². The molecule has 0 saturated carbocycles. The summed E-state index contributed by atoms with van der Waals surface area (Å²) >= 11 is 1.11. The summed E-state index contributed by atoms with van der Waals surface area (Å²) in [4.78, 5) is 14.9. The summed E-state index contributed by atoms with van der Waals surface area (Å²) in [5.74, 6) is -0.191. The number of benzene rings is 1. The molecule has 0 saturated heterocycles. The van der Waals surface area contributed by atoms with E-state index in [9.17, 15) is 10.1 Å². The maximum Gasteiger partial charge on any atom is 0.284 e. The van der Waals surface area contributed by atoms with E-state index in [2.05, 4.69) is 15.2 Å². The van der Waals surface area contributed by atoms with Crippen molar-refractivity contribution in [2.24, 2.45) is 17.9 Å². The maximum atomic E-state index is 11.1. The Kier molecular flexibility index (Phi) is 3.84. The van der Waals surface area contributed by atoms with Crippen LogP contribution in [0, 0.1) is 10.1 Å². The van der Waals surface area contributed by atoms with Crippen LogP contribution in [0.4, 0.5) is 5.69 Å². The number of amidine groups is 1. The molecule has 0 atom stereocenters. The molecule has 0 spiro atoms. The number of hydrogen-bond donors (Lipinski definition) is 2. The molecule has 3 N–H and O–H groups in total. The zero-order valence-corrected chi connectivity index (χ0v) is 11.1. The summed E-state index contributed by atoms with van der Waals surface area (Å²) in [6.45, 7) is 0. The fourth-order valence-electron chi connectivity index (χ4n) is 1.44. The van der Waals surface area contributed by atoms with E-state index < -0.39 is 4.92 Å². The number of nitro groups is 1. The van der Waals surface area contributed by atoms with Gasteiger partial charge in [-0.3, -0.25) is 10.1 Å². The van der Waals surface area contributed by atoms with E-state index >= 15 is 0 Å². The van der Waals surface area contributed by atoms with Gasteiger partial charge in [0.25, 0.3) is 5.69 Å². The van der Waals surface area contributed by atoms with Gasteiger partial charge in [-0.15, -0.1) is 0 Å². The fourth-order valence-corrected chi connectivity index (χ4v) is 2.29. The number of nitrogens with zero attached hydrogens (tertiary/aromatic N) is 5. The monoisotopic (exact) mass is 294 g/mol. The molecule has 0 aliphatic rings. The summed E-state index contributed by atoms with van der Waals surface area (Å²) in [6.07, 6.45) is 1.36. The highest BCUT2D eigenvalue weighted by atomic mass is 32.2. The summed E-state index contributed by atoms with van der Waals surface area (Å²) in [7, 11) is 1.69. The minimum atomic E-state index is -0.535. The molecule has 0 bridgehead atoms. The molecule has 9 nitrogen and oxygen atoms in total. The first kappa shape index (κ1) is 13.8. The van der Waals surface area contributed by atoms with Crippen LogP contribution >= 0.6 is 11.8 Å². The molecular weight excluding hydrogens is 284 g/mol. The molecule has 0 fully saturated rings. The molecule has 1 aromatic carbocycles. The standard InChI is InChI=1S/C10H10N6O3S/c1-15-10(12-5-13-15)20-8-3-2-6(9(11)14-17)4-7(8)16(18)19/h2-5,17H,1H3,(H2,11,14). The topological polar surface area (TPSA) is 132 Å². The Bertz CT molecular complexity index is 683. The van der Waals surface area contributed by atoms with Gasteiger partial charge in [0.2, 0.25) is 0 Å². The number of aromatic nitrogens is 3. The summed E-state index contributed by atoms with van der Waals surface area (Å²) in [5, 5.41) is 26.9. The van der Waals surface area contributed by atoms with Gasteiger partial charge in [0, 0.05) is 18.7 Å². The Morgan fingerprint density at radius 3 is 2.90 bits per heavy atom. The predicted molar refractivity (Wildman–Crippen MR) is 70.7 cm³/mol. The minimum absolute atomic E-state index is 0.151. The van der Waals surface area contributed by atoms with Crippen molar-refractivity contribution >= 4 is 23.3 Å². The van der Waals surface area contributed by atoms with E-state index in [4.69, 9.17) is 10.9 Å². The molecule has 1 heterocycles. The van der Waals surface area contributed by atoms with Crippen LogP contribution in [0.25, 0.3) is 0 Å². The molecule has 104 valence electrons. The van der Waals surface area contributed by atoms with E-state index in [1.165, 1.54) is 29.2 Å². The molecule has 0 aliphatic heterocycles. The fraction of sp³-hybridized carbons (Fsp3) is 0.100. The molecule has 0 amide bonds. The van der Waals surface area contributed by atoms with Gasteiger partial charge in [0.15, 0.2) is 11.0 Å². The molecular formula is C10H10N6O3S. The second-order valence-electron chi connectivity index (χ2n) is 3.69. The van der Waals surface area contributed by atoms with Gasteiger partial charge >= 0.3 is 0 Å². The van der Waals surface area contributed by atoms with Crippen molar-refractivity contribution < 1.29 is 10.1 Å². The molecule has 2 rings (SSSR count). The van der Waals surface area contributed by atoms with Crippen molar-refractivity contribution in [2.75, 3.05) is 0 Å². The third kappa shape index (κ3) is 2.69. The van der Waals surface area contributed by atoms with Crippen LogP contribution in [0.1, 0.15) is 5.56 Å². The second-order valence-corrected chi connectivity index (χ2v) is 4.70. The van der Waals surface area contributed by atoms with Gasteiger partial charge in [-0.1, -0.05) is 5.16 Å². The van der Waals surface area contributed by atoms with Gasteiger partial charge in [0.05, 0.1) is 9.82 Å². The lowest BCUT2D eigenvalue weighted by molar-refractivity contribution is -0.387. The molecule has 0 unspecified atom stereocenters. The van der Waals surface area contributed by atoms with Gasteiger partial charge in [-0.05, 0) is 23.9 Å². The van der Waals surface area contributed by atoms with Crippen molar-refractivity contribution in [1.82, 2.24) is 14.8 Å². The van der Waals surface area contributed by atoms with E-state index in [-0.39, 0.29) is 17.1 Å². The Balaban J connectivity index is 2.43. The zero-order valence-electron chi connectivity index (χ0n) is 10.3. The van der Waals surface area contributed by atoms with Gasteiger partial charge in [-0.2, -0.15) is 5.10 Å². The molecule has 10 heteroatoms. The largest absolute Gasteiger partial charge is 0.409 e. The van der Waals surface area contributed by atoms with E-state index in [0.717, 1.165) is 11.8 Å². The lowest BCUT2D eigenvalue weighted by atomic mass is 10.2. The maximum absolute atomic E-state index is 11.1. The third-order valence-electron chi connectivity index (χ3n) is 2.43. The number of aryl methyl sites for hydroxylation is 1. The van der Waals surface area contributed by atoms with Crippen molar-refractivity contribution in [3.05, 3.63) is 40.2 Å². The highest BCUT2D eigenvalue weighted by Crippen LogP contribution is 2.33. The van der Waals surface area contributed by atoms with Crippen molar-refractivity contribution in [1.29, 1.82) is 0 Å². The summed E-state index contributed by atoms with van der Waals surface area (Å²) in [5.41, 5.74) is 5.53. The van der Waals surface area contributed by atoms with Crippen LogP contribution in [-0.4, -0.2) is 30.7 Å². The molecule has 20 heavy (non-hydrogen) atoms. The number of nitro benzene ring substituents is 1. The Hall–Kier alpha value is -2.62. The van der Waals surface area contributed by atoms with Crippen LogP contribution < -0.4 is 5.73 Å². The van der Waals surface area contributed by atoms with E-state index in [1.807, 2.05) is 0 Å². The molecule has 0 aliphatic carbocycles. The van der Waals surface area contributed by atoms with Crippen LogP contribution in [0.5, 0.6) is 0 Å². The first-order chi connectivity index (χ1) is 9.52. The van der Waals surface area contributed by atoms with Crippen LogP contribution in [0.3, 0.4) is 0 Å². The molecule has 2 aromatic rings. The molecule has 1 aromatic heterocycles. The number of rotatable bonds is 4. The van der Waals surface area contributed by atoms with Crippen LogP contribution in [0.2, 0.25) is 0 Å². The minimum Gasteiger partial charge on any atom is -0.409 e. The Labute approximate surface area is 117 Å². The van der Waals surface area contributed by atoms with Crippen molar-refractivity contribution in [3.8, 4) is 0 Å². The average Bonchev–Trinajstić information content (AvgIpc) is 2.83. The predicted octanol–water partition coefficient (Wildman–Crippen LogP) is 0.969. The first-order valence-electron chi connectivity index (χ1n) is 5.31. The quantitative estimate of drug-likeness (QED) is 0.282. The smallest absolute Gasteiger partial charge is 0.284 e. The Morgan fingerprint density at radius 1 is 1.60 bits per heavy atom. The lowest BCUT2D eigenvalue weighted by Gasteiger charge is -2.04. The zero-order chi connectivity index (χ0) is 14.7. The average molecular weight is 294 g/mol. The van der Waals surface area contributed by atoms with E-state index in [0.29, 0.717) is 10.1 Å². The third-order valence-corrected chi connectivity index (χ3v) is 3.55. The van der Waals surface area contributed by atoms with Gasteiger partial charge in [0.1, 0.15) is 6.33 Å². The van der Waals surface area contributed by atoms with Gasteiger partial charge in [-0.25, -0.2) is 9.67 Å². The summed E-state index contributed by atoms with van der Waals surface area (Å²) < 4.78 is 1.51. The van der Waals surface area contributed by atoms with E-state index in [1.54, 1.807) is 7.05 Å². The normalized spacial score (nSPS) is 11.6. The second kappa shape index (κ2) is 5.57. The number of hydrogen-bond acceptors (Lipinski definition) is 7. The highest BCUT2D eigenvalue weighted by Gasteiger charge is 2.18. The van der Waals surface area contributed by atoms with Crippen molar-refractivity contribution in [3.63, 3.8) is 0 Å². The van der Waals surface area contributed by atoms with Crippen LogP contribution in [0.15, 0.2) is 39.7 Å². The summed E-state index contributed by atoms with van der Waals surface area (Å²) in [6, 6.07) is 4.29. The van der Waals surface area contributed by atoms with Gasteiger partial charge < -0.3 is 10.9 Å². The SMILES string of the molecule is Cn1ncnc1Sc1ccc(/C(N)=N/O)cc1[N+](=O)[O-]. The van der Waals surface area contributed by atoms with Crippen LogP contribution in [-0.2, 0) is 7.05 Å². The molecule has 0 radical (unpaired) electrons.